The third kappa shape index (κ3) is 1.83. The molecule has 1 heterocycles. The SMILES string of the molecule is O=C(O)C1(n2ccc(Br)c2)CCCCC1. The third-order valence-electron chi connectivity index (χ3n) is 3.23. The van der Waals surface area contributed by atoms with E-state index in [-0.39, 0.29) is 0 Å². The van der Waals surface area contributed by atoms with Crippen molar-refractivity contribution in [3.8, 4) is 0 Å². The quantitative estimate of drug-likeness (QED) is 0.899. The average molecular weight is 272 g/mol. The third-order valence-corrected chi connectivity index (χ3v) is 3.70. The van der Waals surface area contributed by atoms with Gasteiger partial charge in [-0.3, -0.25) is 0 Å². The molecule has 4 heteroatoms. The van der Waals surface area contributed by atoms with Crippen LogP contribution in [0.5, 0.6) is 0 Å². The van der Waals surface area contributed by atoms with E-state index in [4.69, 9.17) is 0 Å². The molecule has 1 saturated carbocycles. The van der Waals surface area contributed by atoms with Crippen LogP contribution < -0.4 is 0 Å². The van der Waals surface area contributed by atoms with Crippen LogP contribution in [0.3, 0.4) is 0 Å². The maximum Gasteiger partial charge on any atom is 0.329 e. The van der Waals surface area contributed by atoms with Crippen molar-refractivity contribution in [3.05, 3.63) is 22.9 Å². The summed E-state index contributed by atoms with van der Waals surface area (Å²) in [7, 11) is 0. The molecule has 1 aliphatic rings. The summed E-state index contributed by atoms with van der Waals surface area (Å²) < 4.78 is 2.78. The lowest BCUT2D eigenvalue weighted by Crippen LogP contribution is -2.42. The molecule has 0 saturated heterocycles. The Bertz CT molecular complexity index is 366. The van der Waals surface area contributed by atoms with Gasteiger partial charge in [-0.1, -0.05) is 19.3 Å². The van der Waals surface area contributed by atoms with Gasteiger partial charge in [-0.25, -0.2) is 4.79 Å². The fourth-order valence-electron chi connectivity index (χ4n) is 2.36. The summed E-state index contributed by atoms with van der Waals surface area (Å²) in [6.07, 6.45) is 8.34. The zero-order chi connectivity index (χ0) is 10.9. The number of rotatable bonds is 2. The highest BCUT2D eigenvalue weighted by Gasteiger charge is 2.40. The maximum atomic E-state index is 11.4. The van der Waals surface area contributed by atoms with Gasteiger partial charge >= 0.3 is 5.97 Å². The number of aromatic nitrogens is 1. The number of halogens is 1. The van der Waals surface area contributed by atoms with E-state index in [9.17, 15) is 9.90 Å². The highest BCUT2D eigenvalue weighted by atomic mass is 79.9. The van der Waals surface area contributed by atoms with Crippen LogP contribution in [-0.4, -0.2) is 15.6 Å². The Hall–Kier alpha value is -0.770. The Kier molecular flexibility index (Phi) is 2.87. The molecule has 0 bridgehead atoms. The van der Waals surface area contributed by atoms with Crippen LogP contribution >= 0.6 is 15.9 Å². The van der Waals surface area contributed by atoms with Gasteiger partial charge in [-0.15, -0.1) is 0 Å². The summed E-state index contributed by atoms with van der Waals surface area (Å²) in [6.45, 7) is 0. The topological polar surface area (TPSA) is 42.2 Å². The molecular weight excluding hydrogens is 258 g/mol. The second-order valence-electron chi connectivity index (χ2n) is 4.13. The number of carboxylic acids is 1. The molecule has 1 aromatic rings. The summed E-state index contributed by atoms with van der Waals surface area (Å²) in [5, 5.41) is 9.42. The number of hydrogen-bond acceptors (Lipinski definition) is 1. The first kappa shape index (κ1) is 10.7. The van der Waals surface area contributed by atoms with E-state index < -0.39 is 11.5 Å². The fraction of sp³-hybridized carbons (Fsp3) is 0.545. The molecule has 1 fully saturated rings. The monoisotopic (exact) mass is 271 g/mol. The Morgan fingerprint density at radius 3 is 2.53 bits per heavy atom. The predicted molar refractivity (Wildman–Crippen MR) is 60.8 cm³/mol. The molecule has 0 atom stereocenters. The van der Waals surface area contributed by atoms with Crippen molar-refractivity contribution in [1.29, 1.82) is 0 Å². The van der Waals surface area contributed by atoms with E-state index >= 15 is 0 Å². The molecule has 0 unspecified atom stereocenters. The average Bonchev–Trinajstić information content (AvgIpc) is 2.66. The number of hydrogen-bond donors (Lipinski definition) is 1. The summed E-state index contributed by atoms with van der Waals surface area (Å²) >= 11 is 3.36. The van der Waals surface area contributed by atoms with E-state index in [0.29, 0.717) is 0 Å². The minimum absolute atomic E-state index is 0.703. The molecule has 2 rings (SSSR count). The van der Waals surface area contributed by atoms with Gasteiger partial charge in [-0.05, 0) is 34.8 Å². The lowest BCUT2D eigenvalue weighted by molar-refractivity contribution is -0.149. The fourth-order valence-corrected chi connectivity index (χ4v) is 2.69. The van der Waals surface area contributed by atoms with Gasteiger partial charge in [0.25, 0.3) is 0 Å². The highest BCUT2D eigenvalue weighted by Crippen LogP contribution is 2.36. The van der Waals surface area contributed by atoms with Gasteiger partial charge in [0.05, 0.1) is 0 Å². The van der Waals surface area contributed by atoms with Crippen molar-refractivity contribution in [3.63, 3.8) is 0 Å². The van der Waals surface area contributed by atoms with Gasteiger partial charge in [0.2, 0.25) is 0 Å². The molecule has 1 aromatic heterocycles. The lowest BCUT2D eigenvalue weighted by atomic mass is 9.81. The van der Waals surface area contributed by atoms with Crippen LogP contribution in [0.4, 0.5) is 0 Å². The molecule has 0 radical (unpaired) electrons. The Morgan fingerprint density at radius 2 is 2.07 bits per heavy atom. The lowest BCUT2D eigenvalue weighted by Gasteiger charge is -2.34. The number of carboxylic acid groups (broad SMARTS) is 1. The zero-order valence-corrected chi connectivity index (χ0v) is 10.0. The van der Waals surface area contributed by atoms with Gasteiger partial charge in [0.15, 0.2) is 0 Å². The van der Waals surface area contributed by atoms with Gasteiger partial charge < -0.3 is 9.67 Å². The highest BCUT2D eigenvalue weighted by molar-refractivity contribution is 9.10. The molecule has 3 nitrogen and oxygen atoms in total. The second-order valence-corrected chi connectivity index (χ2v) is 5.05. The molecule has 0 aromatic carbocycles. The van der Waals surface area contributed by atoms with Crippen molar-refractivity contribution in [2.45, 2.75) is 37.6 Å². The van der Waals surface area contributed by atoms with E-state index in [1.165, 1.54) is 0 Å². The second kappa shape index (κ2) is 4.00. The molecular formula is C11H14BrNO2. The largest absolute Gasteiger partial charge is 0.479 e. The van der Waals surface area contributed by atoms with E-state index in [0.717, 1.165) is 36.6 Å². The predicted octanol–water partition coefficient (Wildman–Crippen LogP) is 2.99. The standard InChI is InChI=1S/C11H14BrNO2/c12-9-4-7-13(8-9)11(10(14)15)5-2-1-3-6-11/h4,7-8H,1-3,5-6H2,(H,14,15). The molecule has 1 N–H and O–H groups in total. The van der Waals surface area contributed by atoms with Gasteiger partial charge in [0.1, 0.15) is 5.54 Å². The van der Waals surface area contributed by atoms with Crippen LogP contribution in [-0.2, 0) is 10.3 Å². The van der Waals surface area contributed by atoms with Crippen molar-refractivity contribution in [2.75, 3.05) is 0 Å². The number of carbonyl (C=O) groups is 1. The molecule has 0 amide bonds. The molecule has 15 heavy (non-hydrogen) atoms. The normalized spacial score (nSPS) is 20.1. The van der Waals surface area contributed by atoms with Crippen molar-refractivity contribution in [1.82, 2.24) is 4.57 Å². The molecule has 82 valence electrons. The first-order valence-corrected chi connectivity index (χ1v) is 6.02. The Balaban J connectivity index is 2.37. The maximum absolute atomic E-state index is 11.4. The molecule has 0 spiro atoms. The Labute approximate surface area is 97.2 Å². The van der Waals surface area contributed by atoms with Crippen LogP contribution in [0.1, 0.15) is 32.1 Å². The van der Waals surface area contributed by atoms with Crippen molar-refractivity contribution < 1.29 is 9.90 Å². The summed E-state index contributed by atoms with van der Waals surface area (Å²) in [5.74, 6) is -0.703. The zero-order valence-electron chi connectivity index (χ0n) is 8.45. The van der Waals surface area contributed by atoms with Crippen LogP contribution in [0.15, 0.2) is 22.9 Å². The summed E-state index contributed by atoms with van der Waals surface area (Å²) in [6, 6.07) is 1.89. The summed E-state index contributed by atoms with van der Waals surface area (Å²) in [4.78, 5) is 11.4. The van der Waals surface area contributed by atoms with E-state index in [2.05, 4.69) is 15.9 Å². The van der Waals surface area contributed by atoms with Crippen LogP contribution in [0.2, 0.25) is 0 Å². The first-order chi connectivity index (χ1) is 7.15. The molecule has 0 aliphatic heterocycles. The number of nitrogens with zero attached hydrogens (tertiary/aromatic N) is 1. The smallest absolute Gasteiger partial charge is 0.329 e. The van der Waals surface area contributed by atoms with Crippen molar-refractivity contribution in [2.24, 2.45) is 0 Å². The Morgan fingerprint density at radius 1 is 1.40 bits per heavy atom. The van der Waals surface area contributed by atoms with Crippen LogP contribution in [0, 0.1) is 0 Å². The molecule has 1 aliphatic carbocycles. The van der Waals surface area contributed by atoms with E-state index in [1.54, 1.807) is 0 Å². The van der Waals surface area contributed by atoms with Gasteiger partial charge in [-0.2, -0.15) is 0 Å². The van der Waals surface area contributed by atoms with E-state index in [1.807, 2.05) is 23.0 Å². The number of aliphatic carboxylic acids is 1. The first-order valence-electron chi connectivity index (χ1n) is 5.22. The van der Waals surface area contributed by atoms with Crippen LogP contribution in [0.25, 0.3) is 0 Å². The minimum atomic E-state index is -0.704. The van der Waals surface area contributed by atoms with Gasteiger partial charge in [0, 0.05) is 16.9 Å². The van der Waals surface area contributed by atoms with Crippen molar-refractivity contribution >= 4 is 21.9 Å². The minimum Gasteiger partial charge on any atom is -0.479 e. The summed E-state index contributed by atoms with van der Waals surface area (Å²) in [5.41, 5.74) is -0.704.